The van der Waals surface area contributed by atoms with Gasteiger partial charge in [0.05, 0.1) is 5.69 Å². The van der Waals surface area contributed by atoms with Crippen LogP contribution in [0.4, 0.5) is 0 Å². The summed E-state index contributed by atoms with van der Waals surface area (Å²) in [4.78, 5) is 1.10. The van der Waals surface area contributed by atoms with Crippen molar-refractivity contribution in [1.82, 2.24) is 10.2 Å². The molecule has 0 fully saturated rings. The Morgan fingerprint density at radius 2 is 2.16 bits per heavy atom. The van der Waals surface area contributed by atoms with Crippen molar-refractivity contribution in [2.24, 2.45) is 0 Å². The van der Waals surface area contributed by atoms with Crippen LogP contribution in [0, 0.1) is 11.3 Å². The van der Waals surface area contributed by atoms with Gasteiger partial charge in [-0.3, -0.25) is 0 Å². The predicted molar refractivity (Wildman–Crippen MR) is 74.2 cm³/mol. The van der Waals surface area contributed by atoms with E-state index in [1.54, 1.807) is 11.3 Å². The van der Waals surface area contributed by atoms with Gasteiger partial charge in [-0.1, -0.05) is 19.9 Å². The molecule has 2 rings (SSSR count). The molecule has 0 amide bonds. The molecular weight excluding hydrogens is 258 g/mol. The summed E-state index contributed by atoms with van der Waals surface area (Å²) < 4.78 is 5.63. The average molecular weight is 273 g/mol. The van der Waals surface area contributed by atoms with Crippen molar-refractivity contribution in [2.75, 3.05) is 0 Å². The first kappa shape index (κ1) is 13.5. The molecule has 0 spiro atoms. The van der Waals surface area contributed by atoms with Crippen molar-refractivity contribution < 1.29 is 4.74 Å². The van der Waals surface area contributed by atoms with Crippen molar-refractivity contribution in [2.45, 2.75) is 33.3 Å². The molecule has 0 aliphatic heterocycles. The molecule has 0 saturated heterocycles. The van der Waals surface area contributed by atoms with Gasteiger partial charge in [0, 0.05) is 4.88 Å². The Morgan fingerprint density at radius 3 is 2.74 bits per heavy atom. The van der Waals surface area contributed by atoms with E-state index in [1.165, 1.54) is 0 Å². The van der Waals surface area contributed by atoms with Gasteiger partial charge in [0.1, 0.15) is 18.2 Å². The highest BCUT2D eigenvalue weighted by Gasteiger charge is 2.15. The minimum Gasteiger partial charge on any atom is -0.470 e. The zero-order chi connectivity index (χ0) is 13.7. The number of nitriles is 1. The maximum Gasteiger partial charge on any atom is 0.252 e. The smallest absolute Gasteiger partial charge is 0.252 e. The molecule has 4 nitrogen and oxygen atoms in total. The maximum absolute atomic E-state index is 9.31. The molecule has 2 aromatic rings. The van der Waals surface area contributed by atoms with Gasteiger partial charge in [0.2, 0.25) is 0 Å². The van der Waals surface area contributed by atoms with Crippen LogP contribution >= 0.6 is 11.3 Å². The number of ether oxygens (including phenoxy) is 1. The van der Waals surface area contributed by atoms with Crippen molar-refractivity contribution in [3.8, 4) is 11.9 Å². The molecule has 0 radical (unpaired) electrons. The quantitative estimate of drug-likeness (QED) is 0.839. The lowest BCUT2D eigenvalue weighted by Gasteiger charge is -2.10. The third kappa shape index (κ3) is 2.91. The summed E-state index contributed by atoms with van der Waals surface area (Å²) in [6.07, 6.45) is 1.53. The summed E-state index contributed by atoms with van der Waals surface area (Å²) in [5.74, 6) is 0.338. The van der Waals surface area contributed by atoms with Crippen molar-refractivity contribution in [1.29, 1.82) is 5.26 Å². The summed E-state index contributed by atoms with van der Waals surface area (Å²) in [5, 5.41) is 19.5. The summed E-state index contributed by atoms with van der Waals surface area (Å²) >= 11 is 1.62. The zero-order valence-electron chi connectivity index (χ0n) is 11.0. The molecule has 0 N–H and O–H groups in total. The number of hydrogen-bond acceptors (Lipinski definition) is 5. The van der Waals surface area contributed by atoms with E-state index in [0.717, 1.165) is 29.0 Å². The predicted octanol–water partition coefficient (Wildman–Crippen LogP) is 3.11. The summed E-state index contributed by atoms with van der Waals surface area (Å²) in [6, 6.07) is 6.16. The number of rotatable bonds is 5. The largest absolute Gasteiger partial charge is 0.470 e. The average Bonchev–Trinajstić information content (AvgIpc) is 2.96. The molecule has 2 heterocycles. The summed E-state index contributed by atoms with van der Waals surface area (Å²) in [6.45, 7) is 4.45. The third-order valence-electron chi connectivity index (χ3n) is 2.86. The van der Waals surface area contributed by atoms with Gasteiger partial charge in [0.15, 0.2) is 0 Å². The number of thiophene rings is 1. The molecule has 19 heavy (non-hydrogen) atoms. The second-order valence-corrected chi connectivity index (χ2v) is 5.02. The van der Waals surface area contributed by atoms with Crippen LogP contribution in [-0.4, -0.2) is 10.2 Å². The monoisotopic (exact) mass is 273 g/mol. The van der Waals surface area contributed by atoms with Gasteiger partial charge >= 0.3 is 0 Å². The molecule has 2 aromatic heterocycles. The zero-order valence-corrected chi connectivity index (χ0v) is 11.8. The van der Waals surface area contributed by atoms with Crippen molar-refractivity contribution in [3.05, 3.63) is 39.2 Å². The summed E-state index contributed by atoms with van der Waals surface area (Å²) in [7, 11) is 0. The second-order valence-electron chi connectivity index (χ2n) is 3.99. The van der Waals surface area contributed by atoms with Gasteiger partial charge in [-0.25, -0.2) is 0 Å². The van der Waals surface area contributed by atoms with E-state index in [2.05, 4.69) is 16.3 Å². The van der Waals surface area contributed by atoms with Crippen LogP contribution in [0.2, 0.25) is 0 Å². The highest BCUT2D eigenvalue weighted by atomic mass is 32.1. The fourth-order valence-corrected chi connectivity index (χ4v) is 2.52. The highest BCUT2D eigenvalue weighted by Crippen LogP contribution is 2.23. The lowest BCUT2D eigenvalue weighted by molar-refractivity contribution is 0.291. The molecule has 0 aromatic carbocycles. The minimum absolute atomic E-state index is 0.338. The standard InChI is InChI=1S/C14H15N3OS/c1-3-11-12(8-15)14(17-16-13(11)4-2)18-9-10-6-5-7-19-10/h5-7H,3-4,9H2,1-2H3. The van der Waals surface area contributed by atoms with E-state index in [1.807, 2.05) is 31.4 Å². The van der Waals surface area contributed by atoms with Crippen LogP contribution in [0.15, 0.2) is 17.5 Å². The first-order valence-electron chi connectivity index (χ1n) is 6.23. The second kappa shape index (κ2) is 6.30. The highest BCUT2D eigenvalue weighted by molar-refractivity contribution is 7.09. The molecule has 98 valence electrons. The molecule has 0 saturated carbocycles. The lowest BCUT2D eigenvalue weighted by atomic mass is 10.0. The Morgan fingerprint density at radius 1 is 1.32 bits per heavy atom. The van der Waals surface area contributed by atoms with Crippen LogP contribution in [0.25, 0.3) is 0 Å². The van der Waals surface area contributed by atoms with E-state index in [0.29, 0.717) is 18.1 Å². The number of aryl methyl sites for hydroxylation is 1. The Kier molecular flexibility index (Phi) is 4.48. The fourth-order valence-electron chi connectivity index (χ4n) is 1.90. The fraction of sp³-hybridized carbons (Fsp3) is 0.357. The van der Waals surface area contributed by atoms with Crippen LogP contribution in [-0.2, 0) is 19.4 Å². The van der Waals surface area contributed by atoms with Gasteiger partial charge in [-0.05, 0) is 29.9 Å². The van der Waals surface area contributed by atoms with E-state index in [9.17, 15) is 5.26 Å². The molecular formula is C14H15N3OS. The van der Waals surface area contributed by atoms with Crippen LogP contribution in [0.5, 0.6) is 5.88 Å². The van der Waals surface area contributed by atoms with Crippen LogP contribution in [0.3, 0.4) is 0 Å². The SMILES string of the molecule is CCc1nnc(OCc2cccs2)c(C#N)c1CC. The molecule has 0 aliphatic rings. The Hall–Kier alpha value is -1.93. The minimum atomic E-state index is 0.338. The number of nitrogens with zero attached hydrogens (tertiary/aromatic N) is 3. The van der Waals surface area contributed by atoms with Gasteiger partial charge in [-0.15, -0.1) is 16.4 Å². The molecule has 5 heteroatoms. The first-order valence-corrected chi connectivity index (χ1v) is 7.11. The van der Waals surface area contributed by atoms with Gasteiger partial charge < -0.3 is 4.74 Å². The maximum atomic E-state index is 9.31. The number of hydrogen-bond donors (Lipinski definition) is 0. The molecule has 0 aliphatic carbocycles. The summed E-state index contributed by atoms with van der Waals surface area (Å²) in [5.41, 5.74) is 2.34. The molecule has 0 bridgehead atoms. The third-order valence-corrected chi connectivity index (χ3v) is 3.71. The topological polar surface area (TPSA) is 58.8 Å². The Balaban J connectivity index is 2.28. The molecule has 0 unspecified atom stereocenters. The van der Waals surface area contributed by atoms with E-state index in [4.69, 9.17) is 4.74 Å². The van der Waals surface area contributed by atoms with Crippen molar-refractivity contribution in [3.63, 3.8) is 0 Å². The van der Waals surface area contributed by atoms with Gasteiger partial charge in [-0.2, -0.15) is 10.4 Å². The van der Waals surface area contributed by atoms with Crippen LogP contribution in [0.1, 0.15) is 35.5 Å². The first-order chi connectivity index (χ1) is 9.30. The van der Waals surface area contributed by atoms with Crippen molar-refractivity contribution >= 4 is 11.3 Å². The van der Waals surface area contributed by atoms with E-state index in [-0.39, 0.29) is 0 Å². The Bertz CT molecular complexity index is 587. The number of aromatic nitrogens is 2. The van der Waals surface area contributed by atoms with Crippen LogP contribution < -0.4 is 4.74 Å². The normalized spacial score (nSPS) is 10.2. The van der Waals surface area contributed by atoms with E-state index >= 15 is 0 Å². The van der Waals surface area contributed by atoms with Gasteiger partial charge in [0.25, 0.3) is 5.88 Å². The molecule has 0 atom stereocenters. The lowest BCUT2D eigenvalue weighted by Crippen LogP contribution is -2.07. The Labute approximate surface area is 116 Å². The van der Waals surface area contributed by atoms with E-state index < -0.39 is 0 Å².